The van der Waals surface area contributed by atoms with Gasteiger partial charge < -0.3 is 9.80 Å². The molecule has 5 nitrogen and oxygen atoms in total. The van der Waals surface area contributed by atoms with E-state index in [1.54, 1.807) is 12.1 Å². The van der Waals surface area contributed by atoms with Gasteiger partial charge in [-0.25, -0.2) is 13.6 Å². The molecule has 1 saturated heterocycles. The van der Waals surface area contributed by atoms with E-state index < -0.39 is 10.0 Å². The van der Waals surface area contributed by atoms with Crippen molar-refractivity contribution >= 4 is 21.4 Å². The number of benzene rings is 2. The minimum absolute atomic E-state index is 0.163. The highest BCUT2D eigenvalue weighted by molar-refractivity contribution is 7.89. The predicted octanol–water partition coefficient (Wildman–Crippen LogP) is 3.00. The number of anilines is 2. The van der Waals surface area contributed by atoms with E-state index in [9.17, 15) is 8.42 Å². The Hall–Kier alpha value is -2.05. The minimum Gasteiger partial charge on any atom is -0.374 e. The highest BCUT2D eigenvalue weighted by Crippen LogP contribution is 2.26. The number of hydrogen-bond acceptors (Lipinski definition) is 4. The molecule has 1 aliphatic heterocycles. The van der Waals surface area contributed by atoms with E-state index in [1.807, 2.05) is 12.1 Å². The van der Waals surface area contributed by atoms with Crippen molar-refractivity contribution < 1.29 is 8.42 Å². The van der Waals surface area contributed by atoms with Crippen molar-refractivity contribution in [3.05, 3.63) is 54.1 Å². The van der Waals surface area contributed by atoms with Gasteiger partial charge in [0.2, 0.25) is 10.0 Å². The van der Waals surface area contributed by atoms with E-state index in [-0.39, 0.29) is 4.90 Å². The summed E-state index contributed by atoms with van der Waals surface area (Å²) in [5, 5.41) is 5.16. The highest BCUT2D eigenvalue weighted by atomic mass is 32.2. The number of nitrogens with two attached hydrogens (primary N) is 1. The van der Waals surface area contributed by atoms with Gasteiger partial charge in [-0.3, -0.25) is 0 Å². The lowest BCUT2D eigenvalue weighted by molar-refractivity contribution is 0.409. The van der Waals surface area contributed by atoms with Gasteiger partial charge in [-0.1, -0.05) is 17.7 Å². The van der Waals surface area contributed by atoms with E-state index in [1.165, 1.54) is 11.3 Å². The van der Waals surface area contributed by atoms with Gasteiger partial charge >= 0.3 is 0 Å². The summed E-state index contributed by atoms with van der Waals surface area (Å²) in [7, 11) is -1.47. The summed E-state index contributed by atoms with van der Waals surface area (Å²) in [5.41, 5.74) is 3.60. The summed E-state index contributed by atoms with van der Waals surface area (Å²) < 4.78 is 22.7. The van der Waals surface area contributed by atoms with Crippen LogP contribution in [0.2, 0.25) is 0 Å². The average Bonchev–Trinajstić information content (AvgIpc) is 2.62. The fraction of sp³-hybridized carbons (Fsp3) is 0.400. The first-order valence-electron chi connectivity index (χ1n) is 8.98. The van der Waals surface area contributed by atoms with Gasteiger partial charge in [-0.15, -0.1) is 0 Å². The second-order valence-electron chi connectivity index (χ2n) is 7.19. The number of sulfonamides is 1. The molecule has 0 saturated carbocycles. The third-order valence-corrected chi connectivity index (χ3v) is 6.08. The fourth-order valence-electron chi connectivity index (χ4n) is 3.51. The number of nitrogens with zero attached hydrogens (tertiary/aromatic N) is 2. The highest BCUT2D eigenvalue weighted by Gasteiger charge is 2.21. The van der Waals surface area contributed by atoms with Gasteiger partial charge in [0.05, 0.1) is 4.90 Å². The molecule has 0 aliphatic carbocycles. The van der Waals surface area contributed by atoms with Crippen LogP contribution >= 0.6 is 0 Å². The molecule has 0 unspecified atom stereocenters. The summed E-state index contributed by atoms with van der Waals surface area (Å²) in [6.45, 7) is 5.14. The Balaban J connectivity index is 1.54. The normalized spacial score (nSPS) is 15.9. The SMILES string of the molecule is Cc1ccc(N(C)CC2CCN(c3ccc(S(N)(=O)=O)cc3)CC2)cc1. The average molecular weight is 374 g/mol. The Labute approximate surface area is 156 Å². The molecule has 3 rings (SSSR count). The third-order valence-electron chi connectivity index (χ3n) is 5.15. The van der Waals surface area contributed by atoms with Gasteiger partial charge in [0.1, 0.15) is 0 Å². The third kappa shape index (κ3) is 4.56. The van der Waals surface area contributed by atoms with Crippen LogP contribution in [0.15, 0.2) is 53.4 Å². The van der Waals surface area contributed by atoms with Crippen LogP contribution in [0, 0.1) is 12.8 Å². The lowest BCUT2D eigenvalue weighted by Crippen LogP contribution is -2.37. The Kier molecular flexibility index (Phi) is 5.53. The second-order valence-corrected chi connectivity index (χ2v) is 8.75. The van der Waals surface area contributed by atoms with E-state index in [4.69, 9.17) is 5.14 Å². The van der Waals surface area contributed by atoms with Crippen LogP contribution in [0.5, 0.6) is 0 Å². The molecule has 0 amide bonds. The number of rotatable bonds is 5. The van der Waals surface area contributed by atoms with Crippen molar-refractivity contribution in [3.8, 4) is 0 Å². The molecule has 0 spiro atoms. The summed E-state index contributed by atoms with van der Waals surface area (Å²) in [4.78, 5) is 4.81. The molecule has 140 valence electrons. The molecule has 0 atom stereocenters. The van der Waals surface area contributed by atoms with Crippen molar-refractivity contribution in [1.82, 2.24) is 0 Å². The van der Waals surface area contributed by atoms with Crippen molar-refractivity contribution in [1.29, 1.82) is 0 Å². The van der Waals surface area contributed by atoms with Gasteiger partial charge in [-0.2, -0.15) is 0 Å². The zero-order valence-corrected chi connectivity index (χ0v) is 16.2. The van der Waals surface area contributed by atoms with Crippen LogP contribution in [-0.2, 0) is 10.0 Å². The van der Waals surface area contributed by atoms with Crippen LogP contribution in [0.3, 0.4) is 0 Å². The van der Waals surface area contributed by atoms with Crippen molar-refractivity contribution in [2.24, 2.45) is 11.1 Å². The van der Waals surface area contributed by atoms with Gasteiger partial charge in [0, 0.05) is 38.1 Å². The van der Waals surface area contributed by atoms with Gasteiger partial charge in [0.25, 0.3) is 0 Å². The molecule has 26 heavy (non-hydrogen) atoms. The van der Waals surface area contributed by atoms with Crippen LogP contribution < -0.4 is 14.9 Å². The standard InChI is InChI=1S/C20H27N3O2S/c1-16-3-5-18(6-4-16)22(2)15-17-11-13-23(14-12-17)19-7-9-20(10-8-19)26(21,24)25/h3-10,17H,11-15H2,1-2H3,(H2,21,24,25). The van der Waals surface area contributed by atoms with Crippen molar-refractivity contribution in [2.75, 3.05) is 36.5 Å². The molecule has 0 bridgehead atoms. The first kappa shape index (κ1) is 18.7. The van der Waals surface area contributed by atoms with E-state index in [0.29, 0.717) is 5.92 Å². The first-order valence-corrected chi connectivity index (χ1v) is 10.5. The van der Waals surface area contributed by atoms with E-state index in [0.717, 1.165) is 38.2 Å². The zero-order valence-electron chi connectivity index (χ0n) is 15.4. The van der Waals surface area contributed by atoms with E-state index >= 15 is 0 Å². The van der Waals surface area contributed by atoms with Crippen LogP contribution in [0.25, 0.3) is 0 Å². The smallest absolute Gasteiger partial charge is 0.238 e. The van der Waals surface area contributed by atoms with Crippen LogP contribution in [0.4, 0.5) is 11.4 Å². The first-order chi connectivity index (χ1) is 12.3. The van der Waals surface area contributed by atoms with Gasteiger partial charge in [-0.05, 0) is 62.1 Å². The van der Waals surface area contributed by atoms with Crippen molar-refractivity contribution in [3.63, 3.8) is 0 Å². The summed E-state index contributed by atoms with van der Waals surface area (Å²) >= 11 is 0. The number of piperidine rings is 1. The molecule has 0 aromatic heterocycles. The molecule has 2 aromatic rings. The Morgan fingerprint density at radius 2 is 1.62 bits per heavy atom. The van der Waals surface area contributed by atoms with Crippen molar-refractivity contribution in [2.45, 2.75) is 24.7 Å². The molecule has 1 heterocycles. The summed E-state index contributed by atoms with van der Waals surface area (Å²) in [6.07, 6.45) is 2.26. The Bertz CT molecular complexity index is 824. The van der Waals surface area contributed by atoms with Gasteiger partial charge in [0.15, 0.2) is 0 Å². The monoisotopic (exact) mass is 373 g/mol. The minimum atomic E-state index is -3.63. The molecular formula is C20H27N3O2S. The summed E-state index contributed by atoms with van der Waals surface area (Å²) in [5.74, 6) is 0.668. The molecular weight excluding hydrogens is 346 g/mol. The predicted molar refractivity (Wildman–Crippen MR) is 107 cm³/mol. The maximum atomic E-state index is 11.4. The Morgan fingerprint density at radius 1 is 1.04 bits per heavy atom. The molecule has 2 N–H and O–H groups in total. The Morgan fingerprint density at radius 3 is 2.15 bits per heavy atom. The molecule has 2 aromatic carbocycles. The number of hydrogen-bond donors (Lipinski definition) is 1. The maximum Gasteiger partial charge on any atom is 0.238 e. The number of primary sulfonamides is 1. The molecule has 6 heteroatoms. The maximum absolute atomic E-state index is 11.4. The largest absolute Gasteiger partial charge is 0.374 e. The topological polar surface area (TPSA) is 66.6 Å². The van der Waals surface area contributed by atoms with E-state index in [2.05, 4.69) is 48.0 Å². The lowest BCUT2D eigenvalue weighted by Gasteiger charge is -2.35. The summed E-state index contributed by atoms with van der Waals surface area (Å²) in [6, 6.07) is 15.5. The molecule has 0 radical (unpaired) electrons. The van der Waals surface area contributed by atoms with Crippen LogP contribution in [0.1, 0.15) is 18.4 Å². The lowest BCUT2D eigenvalue weighted by atomic mass is 9.95. The molecule has 1 aliphatic rings. The quantitative estimate of drug-likeness (QED) is 0.875. The second kappa shape index (κ2) is 7.68. The van der Waals surface area contributed by atoms with Crippen LogP contribution in [-0.4, -0.2) is 35.1 Å². The number of aryl methyl sites for hydroxylation is 1. The fourth-order valence-corrected chi connectivity index (χ4v) is 4.03. The molecule has 1 fully saturated rings. The zero-order chi connectivity index (χ0) is 18.7.